The molecule has 0 aromatic carbocycles. The summed E-state index contributed by atoms with van der Waals surface area (Å²) >= 11 is 0.481. The van der Waals surface area contributed by atoms with Crippen LogP contribution in [0.15, 0.2) is 0 Å². The molecule has 0 aromatic heterocycles. The smallest absolute Gasteiger partial charge is 0.397 e. The van der Waals surface area contributed by atoms with Crippen LogP contribution in [0.25, 0.3) is 0 Å². The van der Waals surface area contributed by atoms with Crippen LogP contribution in [-0.4, -0.2) is 40.7 Å². The van der Waals surface area contributed by atoms with Gasteiger partial charge in [-0.1, -0.05) is 0 Å². The van der Waals surface area contributed by atoms with Crippen LogP contribution in [0, 0.1) is 0 Å². The second-order valence-electron chi connectivity index (χ2n) is 3.51. The highest BCUT2D eigenvalue weighted by Gasteiger charge is 2.27. The molecule has 2 N–H and O–H groups in total. The van der Waals surface area contributed by atoms with Gasteiger partial charge in [-0.3, -0.25) is 9.59 Å². The van der Waals surface area contributed by atoms with Crippen molar-refractivity contribution in [2.24, 2.45) is 0 Å². The van der Waals surface area contributed by atoms with Gasteiger partial charge in [0.2, 0.25) is 5.91 Å². The van der Waals surface area contributed by atoms with Crippen LogP contribution in [-0.2, 0) is 9.59 Å². The second kappa shape index (κ2) is 7.41. The zero-order chi connectivity index (χ0) is 13.5. The fourth-order valence-corrected chi connectivity index (χ4v) is 1.59. The van der Waals surface area contributed by atoms with Crippen molar-refractivity contribution < 1.29 is 27.9 Å². The van der Waals surface area contributed by atoms with Crippen LogP contribution >= 0.6 is 11.8 Å². The quantitative estimate of drug-likeness (QED) is 0.740. The van der Waals surface area contributed by atoms with Gasteiger partial charge in [0.15, 0.2) is 0 Å². The molecule has 0 saturated carbocycles. The van der Waals surface area contributed by atoms with Crippen molar-refractivity contribution in [2.75, 3.05) is 11.5 Å². The van der Waals surface area contributed by atoms with Gasteiger partial charge in [0, 0.05) is 12.5 Å². The van der Waals surface area contributed by atoms with Crippen molar-refractivity contribution in [1.82, 2.24) is 5.32 Å². The number of carbonyl (C=O) groups is 2. The summed E-state index contributed by atoms with van der Waals surface area (Å²) in [4.78, 5) is 21.4. The maximum absolute atomic E-state index is 11.8. The number of amides is 1. The molecular weight excluding hydrogens is 259 g/mol. The van der Waals surface area contributed by atoms with Gasteiger partial charge in [-0.2, -0.15) is 13.2 Å². The Labute approximate surface area is 101 Å². The standard InChI is InChI=1S/C9H14F3NO3S/c1-6(2-3-8(15)16)13-7(14)4-17-5-9(10,11)12/h6H,2-5H2,1H3,(H,13,14)(H,15,16). The van der Waals surface area contributed by atoms with E-state index in [0.717, 1.165) is 0 Å². The van der Waals surface area contributed by atoms with Gasteiger partial charge < -0.3 is 10.4 Å². The zero-order valence-corrected chi connectivity index (χ0v) is 10.0. The van der Waals surface area contributed by atoms with Crippen LogP contribution in [0.2, 0.25) is 0 Å². The molecule has 0 rings (SSSR count). The summed E-state index contributed by atoms with van der Waals surface area (Å²) in [5.41, 5.74) is 0. The van der Waals surface area contributed by atoms with E-state index in [0.29, 0.717) is 11.8 Å². The highest BCUT2D eigenvalue weighted by Crippen LogP contribution is 2.20. The molecule has 0 spiro atoms. The van der Waals surface area contributed by atoms with Gasteiger partial charge >= 0.3 is 12.1 Å². The number of aliphatic carboxylic acids is 1. The third-order valence-electron chi connectivity index (χ3n) is 1.70. The monoisotopic (exact) mass is 273 g/mol. The molecular formula is C9H14F3NO3S. The lowest BCUT2D eigenvalue weighted by Gasteiger charge is -2.12. The Balaban J connectivity index is 3.68. The van der Waals surface area contributed by atoms with E-state index in [1.54, 1.807) is 6.92 Å². The van der Waals surface area contributed by atoms with Crippen molar-refractivity contribution >= 4 is 23.6 Å². The van der Waals surface area contributed by atoms with E-state index in [2.05, 4.69) is 5.32 Å². The first-order chi connectivity index (χ1) is 7.70. The van der Waals surface area contributed by atoms with Crippen molar-refractivity contribution in [3.05, 3.63) is 0 Å². The summed E-state index contributed by atoms with van der Waals surface area (Å²) in [7, 11) is 0. The van der Waals surface area contributed by atoms with E-state index in [-0.39, 0.29) is 24.6 Å². The van der Waals surface area contributed by atoms with Gasteiger partial charge in [-0.15, -0.1) is 11.8 Å². The molecule has 0 heterocycles. The Kier molecular flexibility index (Phi) is 7.01. The normalized spacial score (nSPS) is 13.2. The number of hydrogen-bond acceptors (Lipinski definition) is 3. The van der Waals surface area contributed by atoms with Crippen molar-refractivity contribution in [3.63, 3.8) is 0 Å². The summed E-state index contributed by atoms with van der Waals surface area (Å²) in [5.74, 6) is -2.84. The second-order valence-corrected chi connectivity index (χ2v) is 4.49. The number of halogens is 3. The van der Waals surface area contributed by atoms with Crippen LogP contribution in [0.3, 0.4) is 0 Å². The van der Waals surface area contributed by atoms with Crippen molar-refractivity contribution in [1.29, 1.82) is 0 Å². The minimum absolute atomic E-state index is 0.0862. The molecule has 17 heavy (non-hydrogen) atoms. The Morgan fingerprint density at radius 2 is 2.00 bits per heavy atom. The van der Waals surface area contributed by atoms with E-state index in [4.69, 9.17) is 5.11 Å². The third-order valence-corrected chi connectivity index (χ3v) is 2.70. The first-order valence-corrected chi connectivity index (χ1v) is 6.02. The molecule has 1 unspecified atom stereocenters. The van der Waals surface area contributed by atoms with E-state index < -0.39 is 23.8 Å². The Morgan fingerprint density at radius 1 is 1.41 bits per heavy atom. The number of carboxylic acid groups (broad SMARTS) is 1. The van der Waals surface area contributed by atoms with Gasteiger partial charge in [-0.25, -0.2) is 0 Å². The number of carboxylic acids is 1. The summed E-state index contributed by atoms with van der Waals surface area (Å²) in [6, 6.07) is -0.356. The van der Waals surface area contributed by atoms with Gasteiger partial charge in [0.25, 0.3) is 0 Å². The number of carbonyl (C=O) groups excluding carboxylic acids is 1. The Bertz CT molecular complexity index is 271. The lowest BCUT2D eigenvalue weighted by atomic mass is 10.2. The van der Waals surface area contributed by atoms with Crippen molar-refractivity contribution in [3.8, 4) is 0 Å². The molecule has 0 radical (unpaired) electrons. The summed E-state index contributed by atoms with van der Waals surface area (Å²) in [6.45, 7) is 1.61. The SMILES string of the molecule is CC(CCC(=O)O)NC(=O)CSCC(F)(F)F. The number of alkyl halides is 3. The van der Waals surface area contributed by atoms with Crippen LogP contribution in [0.1, 0.15) is 19.8 Å². The molecule has 0 saturated heterocycles. The molecule has 0 aliphatic heterocycles. The molecule has 0 fully saturated rings. The Hall–Kier alpha value is -0.920. The lowest BCUT2D eigenvalue weighted by molar-refractivity contribution is -0.137. The van der Waals surface area contributed by atoms with E-state index >= 15 is 0 Å². The molecule has 0 bridgehead atoms. The van der Waals surface area contributed by atoms with Crippen LogP contribution < -0.4 is 5.32 Å². The predicted molar refractivity (Wildman–Crippen MR) is 57.9 cm³/mol. The molecule has 0 aliphatic carbocycles. The number of hydrogen-bond donors (Lipinski definition) is 2. The van der Waals surface area contributed by atoms with E-state index in [9.17, 15) is 22.8 Å². The maximum Gasteiger partial charge on any atom is 0.397 e. The van der Waals surface area contributed by atoms with Gasteiger partial charge in [0.05, 0.1) is 11.5 Å². The first-order valence-electron chi connectivity index (χ1n) is 4.86. The molecule has 0 aliphatic rings. The largest absolute Gasteiger partial charge is 0.481 e. The number of thioether (sulfide) groups is 1. The number of nitrogens with one attached hydrogen (secondary N) is 1. The fourth-order valence-electron chi connectivity index (χ4n) is 0.988. The Morgan fingerprint density at radius 3 is 2.47 bits per heavy atom. The highest BCUT2D eigenvalue weighted by molar-refractivity contribution is 8.00. The highest BCUT2D eigenvalue weighted by atomic mass is 32.2. The summed E-state index contributed by atoms with van der Waals surface area (Å²) in [6.07, 6.45) is -4.11. The molecule has 100 valence electrons. The topological polar surface area (TPSA) is 66.4 Å². The average Bonchev–Trinajstić information content (AvgIpc) is 2.12. The van der Waals surface area contributed by atoms with E-state index in [1.165, 1.54) is 0 Å². The average molecular weight is 273 g/mol. The summed E-state index contributed by atoms with van der Waals surface area (Å²) < 4.78 is 35.3. The lowest BCUT2D eigenvalue weighted by Crippen LogP contribution is -2.34. The zero-order valence-electron chi connectivity index (χ0n) is 9.21. The minimum Gasteiger partial charge on any atom is -0.481 e. The maximum atomic E-state index is 11.8. The first kappa shape index (κ1) is 16.1. The van der Waals surface area contributed by atoms with Crippen LogP contribution in [0.5, 0.6) is 0 Å². The van der Waals surface area contributed by atoms with Gasteiger partial charge in [-0.05, 0) is 13.3 Å². The summed E-state index contributed by atoms with van der Waals surface area (Å²) in [5, 5.41) is 10.8. The predicted octanol–water partition coefficient (Wildman–Crippen LogP) is 1.65. The van der Waals surface area contributed by atoms with Crippen molar-refractivity contribution in [2.45, 2.75) is 32.0 Å². The van der Waals surface area contributed by atoms with Crippen LogP contribution in [0.4, 0.5) is 13.2 Å². The third kappa shape index (κ3) is 11.3. The minimum atomic E-state index is -4.28. The molecule has 4 nitrogen and oxygen atoms in total. The van der Waals surface area contributed by atoms with Gasteiger partial charge in [0.1, 0.15) is 0 Å². The molecule has 1 atom stereocenters. The van der Waals surface area contributed by atoms with E-state index in [1.807, 2.05) is 0 Å². The molecule has 1 amide bonds. The number of rotatable bonds is 7. The molecule has 8 heteroatoms. The fraction of sp³-hybridized carbons (Fsp3) is 0.778. The molecule has 0 aromatic rings.